The summed E-state index contributed by atoms with van der Waals surface area (Å²) in [4.78, 5) is 11.6. The van der Waals surface area contributed by atoms with Gasteiger partial charge >= 0.3 is 5.97 Å². The summed E-state index contributed by atoms with van der Waals surface area (Å²) in [5.74, 6) is -0.421. The van der Waals surface area contributed by atoms with E-state index in [-0.39, 0.29) is 5.17 Å². The molecule has 0 aromatic heterocycles. The summed E-state index contributed by atoms with van der Waals surface area (Å²) in [5, 5.41) is 13.1. The number of fused-ring (bicyclic) bond motifs is 1. The number of halogens is 1. The van der Waals surface area contributed by atoms with Crippen molar-refractivity contribution in [3.05, 3.63) is 47.5 Å². The van der Waals surface area contributed by atoms with Crippen molar-refractivity contribution in [2.45, 2.75) is 0 Å². The summed E-state index contributed by atoms with van der Waals surface area (Å²) < 4.78 is 4.72. The van der Waals surface area contributed by atoms with Gasteiger partial charge in [0.25, 0.3) is 0 Å². The number of esters is 1. The molecule has 0 unspecified atom stereocenters. The van der Waals surface area contributed by atoms with Gasteiger partial charge in [0.1, 0.15) is 0 Å². The van der Waals surface area contributed by atoms with Gasteiger partial charge in [0, 0.05) is 5.56 Å². The quantitative estimate of drug-likeness (QED) is 0.392. The lowest BCUT2D eigenvalue weighted by Gasteiger charge is -2.08. The second kappa shape index (κ2) is 5.06. The van der Waals surface area contributed by atoms with Crippen molar-refractivity contribution >= 4 is 33.5 Å². The maximum atomic E-state index is 11.6. The first-order chi connectivity index (χ1) is 8.69. The largest absolute Gasteiger partial charge is 0.465 e. The van der Waals surface area contributed by atoms with Gasteiger partial charge in [0.15, 0.2) is 5.17 Å². The summed E-state index contributed by atoms with van der Waals surface area (Å²) in [6, 6.07) is 10.4. The first-order valence-corrected chi connectivity index (χ1v) is 5.55. The Bertz CT molecular complexity index is 637. The van der Waals surface area contributed by atoms with Crippen LogP contribution in [0.2, 0.25) is 0 Å². The third-order valence-electron chi connectivity index (χ3n) is 2.64. The van der Waals surface area contributed by atoms with E-state index in [4.69, 9.17) is 21.5 Å². The van der Waals surface area contributed by atoms with Crippen LogP contribution in [-0.2, 0) is 4.74 Å². The molecule has 0 fully saturated rings. The predicted molar refractivity (Wildman–Crippen MR) is 69.5 cm³/mol. The monoisotopic (exact) mass is 263 g/mol. The topological polar surface area (TPSA) is 58.9 Å². The number of benzene rings is 2. The van der Waals surface area contributed by atoms with Crippen LogP contribution in [0.1, 0.15) is 15.9 Å². The summed E-state index contributed by atoms with van der Waals surface area (Å²) in [7, 11) is 1.33. The van der Waals surface area contributed by atoms with Crippen LogP contribution in [0.4, 0.5) is 0 Å². The third kappa shape index (κ3) is 2.02. The van der Waals surface area contributed by atoms with Crippen LogP contribution in [-0.4, -0.2) is 23.5 Å². The molecule has 0 aliphatic heterocycles. The Morgan fingerprint density at radius 2 is 1.72 bits per heavy atom. The molecule has 0 atom stereocenters. The molecule has 0 amide bonds. The molecule has 0 aliphatic rings. The van der Waals surface area contributed by atoms with Crippen molar-refractivity contribution in [3.8, 4) is 0 Å². The highest BCUT2D eigenvalue weighted by molar-refractivity contribution is 6.70. The average Bonchev–Trinajstić information content (AvgIpc) is 2.44. The van der Waals surface area contributed by atoms with E-state index in [1.165, 1.54) is 7.11 Å². The molecule has 0 heterocycles. The van der Waals surface area contributed by atoms with Gasteiger partial charge in [-0.05, 0) is 16.8 Å². The number of carbonyl (C=O) groups is 1. The molecule has 0 saturated carbocycles. The number of oxime groups is 1. The van der Waals surface area contributed by atoms with Crippen molar-refractivity contribution in [3.63, 3.8) is 0 Å². The third-order valence-corrected chi connectivity index (χ3v) is 2.92. The van der Waals surface area contributed by atoms with Gasteiger partial charge in [0.2, 0.25) is 0 Å². The fourth-order valence-corrected chi connectivity index (χ4v) is 1.99. The van der Waals surface area contributed by atoms with Gasteiger partial charge < -0.3 is 9.94 Å². The van der Waals surface area contributed by atoms with E-state index in [9.17, 15) is 4.79 Å². The highest BCUT2D eigenvalue weighted by Gasteiger charge is 2.14. The zero-order valence-corrected chi connectivity index (χ0v) is 10.3. The SMILES string of the molecule is COC(=O)c1ccc(C(Cl)=NO)c2ccccc12. The number of carbonyl (C=O) groups excluding carboxylic acids is 1. The normalized spacial score (nSPS) is 11.6. The Kier molecular flexibility index (Phi) is 3.48. The van der Waals surface area contributed by atoms with E-state index < -0.39 is 5.97 Å². The van der Waals surface area contributed by atoms with Gasteiger partial charge in [-0.2, -0.15) is 0 Å². The summed E-state index contributed by atoms with van der Waals surface area (Å²) in [5.41, 5.74) is 1.00. The van der Waals surface area contributed by atoms with Crippen molar-refractivity contribution in [1.29, 1.82) is 0 Å². The smallest absolute Gasteiger partial charge is 0.338 e. The van der Waals surface area contributed by atoms with Crippen LogP contribution in [0.25, 0.3) is 10.8 Å². The van der Waals surface area contributed by atoms with E-state index in [1.54, 1.807) is 24.3 Å². The molecule has 2 rings (SSSR count). The molecule has 4 nitrogen and oxygen atoms in total. The second-order valence-corrected chi connectivity index (χ2v) is 3.95. The minimum absolute atomic E-state index is 0.0254. The Morgan fingerprint density at radius 3 is 2.28 bits per heavy atom. The summed E-state index contributed by atoms with van der Waals surface area (Å²) in [6.07, 6.45) is 0. The van der Waals surface area contributed by atoms with Crippen LogP contribution in [0.5, 0.6) is 0 Å². The van der Waals surface area contributed by atoms with Crippen molar-refractivity contribution < 1.29 is 14.7 Å². The number of hydrogen-bond acceptors (Lipinski definition) is 4. The lowest BCUT2D eigenvalue weighted by molar-refractivity contribution is 0.0603. The fraction of sp³-hybridized carbons (Fsp3) is 0.0769. The maximum Gasteiger partial charge on any atom is 0.338 e. The van der Waals surface area contributed by atoms with Crippen LogP contribution in [0, 0.1) is 0 Å². The van der Waals surface area contributed by atoms with Crippen LogP contribution >= 0.6 is 11.6 Å². The Hall–Kier alpha value is -2.07. The molecule has 1 N–H and O–H groups in total. The lowest BCUT2D eigenvalue weighted by Crippen LogP contribution is -2.04. The number of nitrogens with zero attached hydrogens (tertiary/aromatic N) is 1. The standard InChI is InChI=1S/C13H10ClNO3/c1-18-13(16)11-7-6-10(12(14)15-17)8-4-2-3-5-9(8)11/h2-7,17H,1H3. The fourth-order valence-electron chi connectivity index (χ4n) is 1.82. The molecular formula is C13H10ClNO3. The number of hydrogen-bond donors (Lipinski definition) is 1. The van der Waals surface area contributed by atoms with E-state index in [0.29, 0.717) is 16.5 Å². The van der Waals surface area contributed by atoms with E-state index in [1.807, 2.05) is 12.1 Å². The van der Waals surface area contributed by atoms with Crippen LogP contribution in [0.3, 0.4) is 0 Å². The molecule has 0 radical (unpaired) electrons. The molecule has 0 saturated heterocycles. The van der Waals surface area contributed by atoms with E-state index >= 15 is 0 Å². The molecule has 2 aromatic rings. The van der Waals surface area contributed by atoms with Gasteiger partial charge in [-0.1, -0.05) is 47.1 Å². The minimum Gasteiger partial charge on any atom is -0.465 e. The average molecular weight is 264 g/mol. The van der Waals surface area contributed by atoms with Crippen molar-refractivity contribution in [2.75, 3.05) is 7.11 Å². The zero-order valence-electron chi connectivity index (χ0n) is 9.55. The van der Waals surface area contributed by atoms with Gasteiger partial charge in [-0.25, -0.2) is 4.79 Å². The molecule has 0 bridgehead atoms. The predicted octanol–water partition coefficient (Wildman–Crippen LogP) is 3.00. The first-order valence-electron chi connectivity index (χ1n) is 5.17. The second-order valence-electron chi connectivity index (χ2n) is 3.59. The van der Waals surface area contributed by atoms with E-state index in [0.717, 1.165) is 5.39 Å². The summed E-state index contributed by atoms with van der Waals surface area (Å²) in [6.45, 7) is 0. The van der Waals surface area contributed by atoms with Crippen LogP contribution < -0.4 is 0 Å². The molecule has 5 heteroatoms. The Labute approximate surface area is 108 Å². The molecule has 2 aromatic carbocycles. The molecule has 0 spiro atoms. The summed E-state index contributed by atoms with van der Waals surface area (Å²) >= 11 is 5.82. The number of methoxy groups -OCH3 is 1. The van der Waals surface area contributed by atoms with Gasteiger partial charge in [0.05, 0.1) is 12.7 Å². The highest BCUT2D eigenvalue weighted by atomic mass is 35.5. The van der Waals surface area contributed by atoms with Crippen molar-refractivity contribution in [2.24, 2.45) is 5.16 Å². The lowest BCUT2D eigenvalue weighted by atomic mass is 10.00. The van der Waals surface area contributed by atoms with Crippen LogP contribution in [0.15, 0.2) is 41.6 Å². The highest BCUT2D eigenvalue weighted by Crippen LogP contribution is 2.25. The molecule has 0 aliphatic carbocycles. The molecular weight excluding hydrogens is 254 g/mol. The number of rotatable bonds is 2. The molecule has 92 valence electrons. The Balaban J connectivity index is 2.78. The first kappa shape index (κ1) is 12.4. The zero-order chi connectivity index (χ0) is 13.1. The number of ether oxygens (including phenoxy) is 1. The Morgan fingerprint density at radius 1 is 1.17 bits per heavy atom. The maximum absolute atomic E-state index is 11.6. The minimum atomic E-state index is -0.421. The van der Waals surface area contributed by atoms with Gasteiger partial charge in [-0.15, -0.1) is 0 Å². The molecule has 18 heavy (non-hydrogen) atoms. The van der Waals surface area contributed by atoms with Gasteiger partial charge in [-0.3, -0.25) is 0 Å². The van der Waals surface area contributed by atoms with Crippen molar-refractivity contribution in [1.82, 2.24) is 0 Å². The van der Waals surface area contributed by atoms with E-state index in [2.05, 4.69) is 5.16 Å².